The Balaban J connectivity index is 1.40. The van der Waals surface area contributed by atoms with Crippen LogP contribution in [0.25, 0.3) is 10.2 Å². The quantitative estimate of drug-likeness (QED) is 0.745. The molecule has 1 amide bonds. The second kappa shape index (κ2) is 6.54. The Hall–Kier alpha value is -2.58. The van der Waals surface area contributed by atoms with Crippen molar-refractivity contribution >= 4 is 27.5 Å². The molecule has 27 heavy (non-hydrogen) atoms. The molecule has 8 heteroatoms. The molecule has 1 aromatic carbocycles. The average molecular weight is 382 g/mol. The van der Waals surface area contributed by atoms with E-state index >= 15 is 0 Å². The first-order valence-electron chi connectivity index (χ1n) is 9.02. The standard InChI is InChI=1S/C19H18N4O3S/c24-18-7-11-2-1-3-13(11)22-23(18)16-9-26-8-15(16)21-19(25)12-4-5-14-17(6-12)27-10-20-14/h4-7,10,15-16H,1-3,8-9H2,(H,21,25). The summed E-state index contributed by atoms with van der Waals surface area (Å²) in [4.78, 5) is 29.5. The molecular formula is C19H18N4O3S. The van der Waals surface area contributed by atoms with Crippen LogP contribution in [0.2, 0.25) is 0 Å². The molecule has 5 rings (SSSR count). The van der Waals surface area contributed by atoms with Gasteiger partial charge in [0.15, 0.2) is 0 Å². The fraction of sp³-hybridized carbons (Fsp3) is 0.368. The molecule has 1 fully saturated rings. The molecule has 2 atom stereocenters. The number of carbonyl (C=O) groups excluding carboxylic acids is 1. The Morgan fingerprint density at radius 2 is 2.19 bits per heavy atom. The van der Waals surface area contributed by atoms with Gasteiger partial charge in [0.25, 0.3) is 11.5 Å². The molecule has 138 valence electrons. The van der Waals surface area contributed by atoms with Crippen LogP contribution in [0.5, 0.6) is 0 Å². The van der Waals surface area contributed by atoms with E-state index in [1.54, 1.807) is 17.6 Å². The van der Waals surface area contributed by atoms with E-state index in [4.69, 9.17) is 4.74 Å². The minimum Gasteiger partial charge on any atom is -0.377 e. The number of carbonyl (C=O) groups is 1. The lowest BCUT2D eigenvalue weighted by molar-refractivity contribution is 0.0925. The highest BCUT2D eigenvalue weighted by atomic mass is 32.1. The predicted octanol–water partition coefficient (Wildman–Crippen LogP) is 1.71. The van der Waals surface area contributed by atoms with Gasteiger partial charge in [-0.05, 0) is 43.0 Å². The third kappa shape index (κ3) is 2.94. The number of benzene rings is 1. The van der Waals surface area contributed by atoms with E-state index in [9.17, 15) is 9.59 Å². The number of ether oxygens (including phenoxy) is 1. The summed E-state index contributed by atoms with van der Waals surface area (Å²) < 4.78 is 8.04. The number of fused-ring (bicyclic) bond motifs is 2. The molecule has 7 nitrogen and oxygen atoms in total. The maximum absolute atomic E-state index is 12.7. The van der Waals surface area contributed by atoms with Crippen molar-refractivity contribution in [3.05, 3.63) is 57.0 Å². The van der Waals surface area contributed by atoms with Gasteiger partial charge in [0.1, 0.15) is 6.04 Å². The monoisotopic (exact) mass is 382 g/mol. The molecule has 0 bridgehead atoms. The lowest BCUT2D eigenvalue weighted by atomic mass is 10.1. The highest BCUT2D eigenvalue weighted by Gasteiger charge is 2.33. The van der Waals surface area contributed by atoms with E-state index in [1.807, 2.05) is 12.1 Å². The van der Waals surface area contributed by atoms with Crippen LogP contribution in [0.15, 0.2) is 34.6 Å². The average Bonchev–Trinajstić information content (AvgIpc) is 3.40. The third-order valence-electron chi connectivity index (χ3n) is 5.26. The molecule has 1 aliphatic heterocycles. The second-order valence-corrected chi connectivity index (χ2v) is 7.86. The smallest absolute Gasteiger partial charge is 0.267 e. The molecular weight excluding hydrogens is 364 g/mol. The van der Waals surface area contributed by atoms with Crippen molar-refractivity contribution in [1.82, 2.24) is 20.1 Å². The number of aryl methyl sites for hydroxylation is 2. The van der Waals surface area contributed by atoms with Gasteiger partial charge in [0.05, 0.1) is 40.7 Å². The van der Waals surface area contributed by atoms with E-state index in [-0.39, 0.29) is 23.6 Å². The van der Waals surface area contributed by atoms with E-state index in [1.165, 1.54) is 16.0 Å². The summed E-state index contributed by atoms with van der Waals surface area (Å²) >= 11 is 1.50. The van der Waals surface area contributed by atoms with Crippen LogP contribution in [0, 0.1) is 0 Å². The zero-order valence-corrected chi connectivity index (χ0v) is 15.4. The first-order chi connectivity index (χ1) is 13.2. The molecule has 2 aromatic heterocycles. The first-order valence-corrected chi connectivity index (χ1v) is 9.90. The third-order valence-corrected chi connectivity index (χ3v) is 6.05. The fourth-order valence-corrected chi connectivity index (χ4v) is 4.54. The Labute approximate surface area is 159 Å². The van der Waals surface area contributed by atoms with E-state index in [0.29, 0.717) is 18.8 Å². The molecule has 0 saturated carbocycles. The number of amides is 1. The Bertz CT molecular complexity index is 1090. The summed E-state index contributed by atoms with van der Waals surface area (Å²) in [6.45, 7) is 0.731. The Kier molecular flexibility index (Phi) is 4.02. The Morgan fingerprint density at radius 3 is 3.11 bits per heavy atom. The molecule has 0 radical (unpaired) electrons. The zero-order chi connectivity index (χ0) is 18.4. The molecule has 2 aliphatic rings. The second-order valence-electron chi connectivity index (χ2n) is 6.97. The number of nitrogens with one attached hydrogen (secondary N) is 1. The molecule has 3 aromatic rings. The molecule has 2 unspecified atom stereocenters. The van der Waals surface area contributed by atoms with Gasteiger partial charge in [-0.15, -0.1) is 11.3 Å². The summed E-state index contributed by atoms with van der Waals surface area (Å²) in [6.07, 6.45) is 2.85. The van der Waals surface area contributed by atoms with Crippen LogP contribution in [-0.4, -0.2) is 39.9 Å². The van der Waals surface area contributed by atoms with E-state index in [2.05, 4.69) is 15.4 Å². The number of rotatable bonds is 3. The normalized spacial score (nSPS) is 21.5. The van der Waals surface area contributed by atoms with E-state index in [0.717, 1.165) is 40.7 Å². The molecule has 1 aliphatic carbocycles. The molecule has 3 heterocycles. The van der Waals surface area contributed by atoms with Crippen molar-refractivity contribution in [3.8, 4) is 0 Å². The summed E-state index contributed by atoms with van der Waals surface area (Å²) in [5.41, 5.74) is 5.13. The molecule has 1 saturated heterocycles. The number of nitrogens with zero attached hydrogens (tertiary/aromatic N) is 3. The maximum Gasteiger partial charge on any atom is 0.267 e. The zero-order valence-electron chi connectivity index (χ0n) is 14.6. The van der Waals surface area contributed by atoms with Crippen LogP contribution in [0.1, 0.15) is 34.1 Å². The topological polar surface area (TPSA) is 86.1 Å². The van der Waals surface area contributed by atoms with Crippen molar-refractivity contribution in [2.75, 3.05) is 13.2 Å². The van der Waals surface area contributed by atoms with Gasteiger partial charge in [-0.1, -0.05) is 0 Å². The number of thiazole rings is 1. The largest absolute Gasteiger partial charge is 0.377 e. The van der Waals surface area contributed by atoms with E-state index < -0.39 is 0 Å². The first kappa shape index (κ1) is 16.6. The maximum atomic E-state index is 12.7. The summed E-state index contributed by atoms with van der Waals surface area (Å²) in [5.74, 6) is -0.181. The fourth-order valence-electron chi connectivity index (χ4n) is 3.82. The number of aromatic nitrogens is 3. The predicted molar refractivity (Wildman–Crippen MR) is 101 cm³/mol. The number of hydrogen-bond acceptors (Lipinski definition) is 6. The van der Waals surface area contributed by atoms with Crippen molar-refractivity contribution in [2.24, 2.45) is 0 Å². The number of hydrogen-bond donors (Lipinski definition) is 1. The highest BCUT2D eigenvalue weighted by molar-refractivity contribution is 7.16. The van der Waals surface area contributed by atoms with Gasteiger partial charge in [0, 0.05) is 11.6 Å². The van der Waals surface area contributed by atoms with Crippen LogP contribution in [-0.2, 0) is 17.6 Å². The summed E-state index contributed by atoms with van der Waals surface area (Å²) in [7, 11) is 0. The molecule has 1 N–H and O–H groups in total. The van der Waals surface area contributed by atoms with Gasteiger partial charge in [-0.25, -0.2) is 9.67 Å². The van der Waals surface area contributed by atoms with Gasteiger partial charge < -0.3 is 10.1 Å². The van der Waals surface area contributed by atoms with Crippen LogP contribution < -0.4 is 10.9 Å². The van der Waals surface area contributed by atoms with Crippen molar-refractivity contribution < 1.29 is 9.53 Å². The minimum atomic E-state index is -0.292. The van der Waals surface area contributed by atoms with Crippen molar-refractivity contribution in [1.29, 1.82) is 0 Å². The summed E-state index contributed by atoms with van der Waals surface area (Å²) in [5, 5.41) is 7.58. The van der Waals surface area contributed by atoms with Gasteiger partial charge in [0.2, 0.25) is 0 Å². The minimum absolute atomic E-state index is 0.128. The van der Waals surface area contributed by atoms with Crippen molar-refractivity contribution in [3.63, 3.8) is 0 Å². The van der Waals surface area contributed by atoms with Gasteiger partial charge >= 0.3 is 0 Å². The summed E-state index contributed by atoms with van der Waals surface area (Å²) in [6, 6.07) is 6.55. The highest BCUT2D eigenvalue weighted by Crippen LogP contribution is 2.23. The van der Waals surface area contributed by atoms with Gasteiger partial charge in [-0.2, -0.15) is 5.10 Å². The van der Waals surface area contributed by atoms with Crippen LogP contribution >= 0.6 is 11.3 Å². The SMILES string of the molecule is O=C(NC1COCC1n1nc2c(cc1=O)CCC2)c1ccc2ncsc2c1. The Morgan fingerprint density at radius 1 is 1.26 bits per heavy atom. The van der Waals surface area contributed by atoms with Gasteiger partial charge in [-0.3, -0.25) is 9.59 Å². The van der Waals surface area contributed by atoms with Crippen LogP contribution in [0.4, 0.5) is 0 Å². The lowest BCUT2D eigenvalue weighted by Crippen LogP contribution is -2.44. The molecule has 0 spiro atoms. The van der Waals surface area contributed by atoms with Crippen molar-refractivity contribution in [2.45, 2.75) is 31.3 Å². The lowest BCUT2D eigenvalue weighted by Gasteiger charge is -2.21. The van der Waals surface area contributed by atoms with Crippen LogP contribution in [0.3, 0.4) is 0 Å².